The van der Waals surface area contributed by atoms with Crippen LogP contribution in [0.2, 0.25) is 0 Å². The van der Waals surface area contributed by atoms with E-state index in [2.05, 4.69) is 0 Å². The average Bonchev–Trinajstić information content (AvgIpc) is 1.86. The summed E-state index contributed by atoms with van der Waals surface area (Å²) >= 11 is 0. The molecule has 0 radical (unpaired) electrons. The summed E-state index contributed by atoms with van der Waals surface area (Å²) in [5.74, 6) is -1.20. The zero-order chi connectivity index (χ0) is 8.85. The topological polar surface area (TPSA) is 83.2 Å². The molecule has 0 aromatic carbocycles. The van der Waals surface area contributed by atoms with Crippen LogP contribution in [0, 0.1) is 0 Å². The van der Waals surface area contributed by atoms with Gasteiger partial charge in [0, 0.05) is 12.5 Å². The van der Waals surface area contributed by atoms with Crippen LogP contribution in [0.25, 0.3) is 0 Å². The lowest BCUT2D eigenvalue weighted by atomic mass is 10.1. The molecule has 0 aliphatic heterocycles. The largest absolute Gasteiger partial charge is 0.548 e. The Morgan fingerprint density at radius 3 is 2.45 bits per heavy atom. The Morgan fingerprint density at radius 2 is 2.09 bits per heavy atom. The highest BCUT2D eigenvalue weighted by Gasteiger charge is 2.02. The van der Waals surface area contributed by atoms with Gasteiger partial charge < -0.3 is 20.4 Å². The second-order valence-corrected chi connectivity index (χ2v) is 2.52. The maximum Gasteiger partial charge on any atom is 0.129 e. The zero-order valence-electron chi connectivity index (χ0n) is 6.50. The number of carbonyl (C=O) groups excluding carboxylic acids is 2. The van der Waals surface area contributed by atoms with Gasteiger partial charge in [-0.05, 0) is 19.8 Å². The van der Waals surface area contributed by atoms with Gasteiger partial charge in [-0.25, -0.2) is 0 Å². The molecule has 0 heterocycles. The third-order valence-electron chi connectivity index (χ3n) is 1.35. The number of nitrogens with two attached hydrogens (primary N) is 1. The van der Waals surface area contributed by atoms with Gasteiger partial charge in [0.1, 0.15) is 5.78 Å². The fraction of sp³-hybridized carbons (Fsp3) is 0.714. The van der Waals surface area contributed by atoms with E-state index in [0.717, 1.165) is 0 Å². The molecule has 1 unspecified atom stereocenters. The zero-order valence-corrected chi connectivity index (χ0v) is 6.50. The molecule has 0 aliphatic rings. The number of ketones is 1. The van der Waals surface area contributed by atoms with Gasteiger partial charge in [-0.2, -0.15) is 0 Å². The minimum Gasteiger partial charge on any atom is -0.548 e. The van der Waals surface area contributed by atoms with Crippen molar-refractivity contribution in [1.29, 1.82) is 0 Å². The summed E-state index contributed by atoms with van der Waals surface area (Å²) < 4.78 is 0. The first-order chi connectivity index (χ1) is 5.04. The highest BCUT2D eigenvalue weighted by molar-refractivity contribution is 5.75. The maximum atomic E-state index is 10.4. The van der Waals surface area contributed by atoms with Crippen LogP contribution >= 0.6 is 0 Å². The Morgan fingerprint density at radius 1 is 1.55 bits per heavy atom. The van der Waals surface area contributed by atoms with Gasteiger partial charge in [0.2, 0.25) is 0 Å². The maximum absolute atomic E-state index is 10.4. The van der Waals surface area contributed by atoms with E-state index < -0.39 is 12.0 Å². The molecule has 0 aromatic rings. The first kappa shape index (κ1) is 10.1. The van der Waals surface area contributed by atoms with Crippen LogP contribution < -0.4 is 10.8 Å². The minimum absolute atomic E-state index is 0.0514. The van der Waals surface area contributed by atoms with Crippen LogP contribution in [0.1, 0.15) is 26.2 Å². The molecule has 0 aliphatic carbocycles. The van der Waals surface area contributed by atoms with Crippen molar-refractivity contribution < 1.29 is 14.7 Å². The molecule has 4 nitrogen and oxygen atoms in total. The van der Waals surface area contributed by atoms with E-state index in [1.807, 2.05) is 0 Å². The van der Waals surface area contributed by atoms with Gasteiger partial charge in [0.05, 0.1) is 5.97 Å². The van der Waals surface area contributed by atoms with Gasteiger partial charge in [-0.1, -0.05) is 0 Å². The van der Waals surface area contributed by atoms with Crippen molar-refractivity contribution >= 4 is 11.8 Å². The van der Waals surface area contributed by atoms with E-state index in [1.54, 1.807) is 0 Å². The van der Waals surface area contributed by atoms with Gasteiger partial charge in [0.25, 0.3) is 0 Å². The quantitative estimate of drug-likeness (QED) is 0.546. The Labute approximate surface area is 65.4 Å². The summed E-state index contributed by atoms with van der Waals surface area (Å²) in [6.45, 7) is 1.46. The molecular formula is C7H12NO3-. The van der Waals surface area contributed by atoms with Crippen LogP contribution in [0.4, 0.5) is 0 Å². The first-order valence-corrected chi connectivity index (χ1v) is 3.50. The molecule has 0 fully saturated rings. The lowest BCUT2D eigenvalue weighted by Crippen LogP contribution is -2.41. The molecule has 64 valence electrons. The number of Topliss-reactive ketones (excluding diaryl/α,β-unsaturated/α-hetero) is 1. The van der Waals surface area contributed by atoms with E-state index in [1.165, 1.54) is 6.92 Å². The van der Waals surface area contributed by atoms with E-state index in [-0.39, 0.29) is 5.78 Å². The molecule has 11 heavy (non-hydrogen) atoms. The fourth-order valence-electron chi connectivity index (χ4n) is 0.689. The molecule has 0 bridgehead atoms. The summed E-state index contributed by atoms with van der Waals surface area (Å²) in [6.07, 6.45) is 1.22. The molecule has 0 saturated heterocycles. The second kappa shape index (κ2) is 4.85. The van der Waals surface area contributed by atoms with Gasteiger partial charge in [0.15, 0.2) is 0 Å². The summed E-state index contributed by atoms with van der Waals surface area (Å²) in [7, 11) is 0. The molecule has 0 aromatic heterocycles. The lowest BCUT2D eigenvalue weighted by molar-refractivity contribution is -0.307. The van der Waals surface area contributed by atoms with Gasteiger partial charge in [-0.3, -0.25) is 0 Å². The molecule has 0 rings (SSSR count). The average molecular weight is 158 g/mol. The Hall–Kier alpha value is -0.900. The Bertz CT molecular complexity index is 156. The van der Waals surface area contributed by atoms with Gasteiger partial charge in [-0.15, -0.1) is 0 Å². The smallest absolute Gasteiger partial charge is 0.129 e. The van der Waals surface area contributed by atoms with Crippen molar-refractivity contribution in [2.75, 3.05) is 0 Å². The first-order valence-electron chi connectivity index (χ1n) is 3.50. The van der Waals surface area contributed by atoms with Crippen molar-refractivity contribution in [2.24, 2.45) is 5.73 Å². The van der Waals surface area contributed by atoms with Crippen molar-refractivity contribution in [1.82, 2.24) is 0 Å². The minimum atomic E-state index is -1.26. The van der Waals surface area contributed by atoms with Crippen LogP contribution in [0.15, 0.2) is 0 Å². The van der Waals surface area contributed by atoms with E-state index in [9.17, 15) is 14.7 Å². The van der Waals surface area contributed by atoms with Crippen LogP contribution in [0.3, 0.4) is 0 Å². The molecule has 1 atom stereocenters. The predicted octanol–water partition coefficient (Wildman–Crippen LogP) is -1.18. The number of hydrogen-bond acceptors (Lipinski definition) is 4. The molecule has 0 saturated carbocycles. The Balaban J connectivity index is 3.39. The summed E-state index contributed by atoms with van der Waals surface area (Å²) in [5, 5.41) is 10.1. The summed E-state index contributed by atoms with van der Waals surface area (Å²) in [6, 6.07) is -0.936. The molecule has 0 spiro atoms. The Kier molecular flexibility index (Phi) is 4.45. The lowest BCUT2D eigenvalue weighted by Gasteiger charge is -2.10. The number of carbonyl (C=O) groups is 2. The molecule has 2 N–H and O–H groups in total. The monoisotopic (exact) mass is 158 g/mol. The third-order valence-corrected chi connectivity index (χ3v) is 1.35. The summed E-state index contributed by atoms with van der Waals surface area (Å²) in [5.41, 5.74) is 5.13. The van der Waals surface area contributed by atoms with Crippen molar-refractivity contribution in [2.45, 2.75) is 32.2 Å². The number of carboxylic acid groups (broad SMARTS) is 1. The number of aliphatic carboxylic acids is 1. The van der Waals surface area contributed by atoms with Gasteiger partial charge >= 0.3 is 0 Å². The molecular weight excluding hydrogens is 146 g/mol. The van der Waals surface area contributed by atoms with Crippen LogP contribution in [-0.2, 0) is 9.59 Å². The molecule has 4 heteroatoms. The second-order valence-electron chi connectivity index (χ2n) is 2.52. The van der Waals surface area contributed by atoms with Crippen molar-refractivity contribution in [3.63, 3.8) is 0 Å². The summed E-state index contributed by atoms with van der Waals surface area (Å²) in [4.78, 5) is 20.4. The number of hydrogen-bond donors (Lipinski definition) is 1. The SMILES string of the molecule is CC(=O)CCCC(N)C(=O)[O-]. The van der Waals surface area contributed by atoms with E-state index in [4.69, 9.17) is 5.73 Å². The normalized spacial score (nSPS) is 12.5. The molecule has 0 amide bonds. The fourth-order valence-corrected chi connectivity index (χ4v) is 0.689. The number of carboxylic acids is 1. The standard InChI is InChI=1S/C7H13NO3/c1-5(9)3-2-4-6(8)7(10)11/h6H,2-4,8H2,1H3,(H,10,11)/p-1. The van der Waals surface area contributed by atoms with E-state index >= 15 is 0 Å². The number of rotatable bonds is 5. The predicted molar refractivity (Wildman–Crippen MR) is 37.5 cm³/mol. The highest BCUT2D eigenvalue weighted by atomic mass is 16.4. The van der Waals surface area contributed by atoms with Crippen LogP contribution in [0.5, 0.6) is 0 Å². The van der Waals surface area contributed by atoms with Crippen molar-refractivity contribution in [3.8, 4) is 0 Å². The van der Waals surface area contributed by atoms with Crippen LogP contribution in [-0.4, -0.2) is 17.8 Å². The highest BCUT2D eigenvalue weighted by Crippen LogP contribution is 1.98. The van der Waals surface area contributed by atoms with Crippen molar-refractivity contribution in [3.05, 3.63) is 0 Å². The van der Waals surface area contributed by atoms with E-state index in [0.29, 0.717) is 19.3 Å². The third kappa shape index (κ3) is 5.54.